The summed E-state index contributed by atoms with van der Waals surface area (Å²) >= 11 is 1.18. The van der Waals surface area contributed by atoms with E-state index in [0.29, 0.717) is 35.3 Å². The minimum atomic E-state index is -0.372. The number of likely N-dealkylation sites (N-methyl/N-ethyl adjacent to an activating group) is 1. The maximum atomic E-state index is 12.4. The van der Waals surface area contributed by atoms with Gasteiger partial charge in [0, 0.05) is 37.7 Å². The first-order valence-corrected chi connectivity index (χ1v) is 8.60. The molecule has 9 heteroatoms. The molecule has 0 atom stereocenters. The molecule has 2 amide bonds. The van der Waals surface area contributed by atoms with Crippen LogP contribution in [0.1, 0.15) is 20.8 Å². The van der Waals surface area contributed by atoms with Gasteiger partial charge in [0.25, 0.3) is 11.8 Å². The van der Waals surface area contributed by atoms with Crippen LogP contribution in [0.5, 0.6) is 11.5 Å². The second-order valence-electron chi connectivity index (χ2n) is 5.31. The molecule has 1 aromatic carbocycles. The Morgan fingerprint density at radius 3 is 2.38 bits per heavy atom. The zero-order chi connectivity index (χ0) is 19.1. The van der Waals surface area contributed by atoms with Crippen LogP contribution in [0.4, 0.5) is 5.13 Å². The second-order valence-corrected chi connectivity index (χ2v) is 6.17. The van der Waals surface area contributed by atoms with Crippen LogP contribution < -0.4 is 14.8 Å². The first-order chi connectivity index (χ1) is 12.5. The predicted molar refractivity (Wildman–Crippen MR) is 98.4 cm³/mol. The van der Waals surface area contributed by atoms with Crippen molar-refractivity contribution < 1.29 is 23.8 Å². The number of anilines is 1. The van der Waals surface area contributed by atoms with E-state index >= 15 is 0 Å². The number of carbonyl (C=O) groups excluding carboxylic acids is 2. The first-order valence-electron chi connectivity index (χ1n) is 7.72. The molecule has 26 heavy (non-hydrogen) atoms. The van der Waals surface area contributed by atoms with Gasteiger partial charge in [-0.25, -0.2) is 4.98 Å². The molecule has 0 unspecified atom stereocenters. The molecule has 0 saturated carbocycles. The normalized spacial score (nSPS) is 10.3. The van der Waals surface area contributed by atoms with E-state index in [2.05, 4.69) is 10.3 Å². The second kappa shape index (κ2) is 9.16. The van der Waals surface area contributed by atoms with Crippen molar-refractivity contribution in [2.45, 2.75) is 0 Å². The highest BCUT2D eigenvalue weighted by Crippen LogP contribution is 2.24. The average molecular weight is 379 g/mol. The standard InChI is InChI=1S/C17H21N3O5S/c1-20(5-6-23-2)16(22)14-10-26-17(18-14)19-15(21)11-7-12(24-3)9-13(8-11)25-4/h7-10H,5-6H2,1-4H3,(H,18,19,21). The number of thiazole rings is 1. The number of benzene rings is 1. The maximum Gasteiger partial charge on any atom is 0.273 e. The molecule has 0 aliphatic rings. The molecule has 2 rings (SSSR count). The minimum absolute atomic E-state index is 0.234. The van der Waals surface area contributed by atoms with Crippen molar-refractivity contribution in [2.75, 3.05) is 46.8 Å². The van der Waals surface area contributed by atoms with Gasteiger partial charge in [0.05, 0.1) is 20.8 Å². The third-order valence-electron chi connectivity index (χ3n) is 3.53. The van der Waals surface area contributed by atoms with Crippen molar-refractivity contribution in [1.29, 1.82) is 0 Å². The van der Waals surface area contributed by atoms with Crippen LogP contribution in [0.3, 0.4) is 0 Å². The number of rotatable bonds is 8. The van der Waals surface area contributed by atoms with Crippen LogP contribution in [0, 0.1) is 0 Å². The van der Waals surface area contributed by atoms with Gasteiger partial charge in [-0.05, 0) is 12.1 Å². The van der Waals surface area contributed by atoms with E-state index < -0.39 is 0 Å². The zero-order valence-corrected chi connectivity index (χ0v) is 15.9. The molecule has 2 aromatic rings. The van der Waals surface area contributed by atoms with E-state index in [1.165, 1.54) is 30.5 Å². The summed E-state index contributed by atoms with van der Waals surface area (Å²) in [5.74, 6) is 0.402. The highest BCUT2D eigenvalue weighted by molar-refractivity contribution is 7.14. The number of carbonyl (C=O) groups is 2. The third kappa shape index (κ3) is 4.93. The fraction of sp³-hybridized carbons (Fsp3) is 0.353. The number of aromatic nitrogens is 1. The number of ether oxygens (including phenoxy) is 3. The van der Waals surface area contributed by atoms with Crippen molar-refractivity contribution >= 4 is 28.3 Å². The van der Waals surface area contributed by atoms with Crippen molar-refractivity contribution in [3.8, 4) is 11.5 Å². The van der Waals surface area contributed by atoms with Crippen molar-refractivity contribution in [3.63, 3.8) is 0 Å². The molecule has 0 aliphatic heterocycles. The number of nitrogens with zero attached hydrogens (tertiary/aromatic N) is 2. The SMILES string of the molecule is COCCN(C)C(=O)c1csc(NC(=O)c2cc(OC)cc(OC)c2)n1. The van der Waals surface area contributed by atoms with E-state index in [1.54, 1.807) is 37.7 Å². The summed E-state index contributed by atoms with van der Waals surface area (Å²) in [6.07, 6.45) is 0. The van der Waals surface area contributed by atoms with Gasteiger partial charge >= 0.3 is 0 Å². The molecule has 0 radical (unpaired) electrons. The van der Waals surface area contributed by atoms with Crippen molar-refractivity contribution in [3.05, 3.63) is 34.8 Å². The molecule has 1 aromatic heterocycles. The Bertz CT molecular complexity index is 755. The Balaban J connectivity index is 2.09. The Morgan fingerprint density at radius 1 is 1.15 bits per heavy atom. The van der Waals surface area contributed by atoms with Gasteiger partial charge in [-0.3, -0.25) is 14.9 Å². The molecule has 8 nitrogen and oxygen atoms in total. The lowest BCUT2D eigenvalue weighted by molar-refractivity contribution is 0.0739. The summed E-state index contributed by atoms with van der Waals surface area (Å²) in [6, 6.07) is 4.86. The lowest BCUT2D eigenvalue weighted by atomic mass is 10.2. The molecule has 140 valence electrons. The van der Waals surface area contributed by atoms with Gasteiger partial charge in [0.1, 0.15) is 17.2 Å². The van der Waals surface area contributed by atoms with Crippen LogP contribution >= 0.6 is 11.3 Å². The minimum Gasteiger partial charge on any atom is -0.497 e. The number of methoxy groups -OCH3 is 3. The van der Waals surface area contributed by atoms with E-state index in [1.807, 2.05) is 0 Å². The van der Waals surface area contributed by atoms with Gasteiger partial charge in [0.15, 0.2) is 5.13 Å². The Kier molecular flexibility index (Phi) is 6.93. The van der Waals surface area contributed by atoms with Gasteiger partial charge in [0.2, 0.25) is 0 Å². The Hall–Kier alpha value is -2.65. The molecule has 0 bridgehead atoms. The van der Waals surface area contributed by atoms with Crippen LogP contribution in [0.2, 0.25) is 0 Å². The summed E-state index contributed by atoms with van der Waals surface area (Å²) in [5.41, 5.74) is 0.633. The number of hydrogen-bond acceptors (Lipinski definition) is 7. The van der Waals surface area contributed by atoms with Crippen LogP contribution in [0.15, 0.2) is 23.6 Å². The predicted octanol–water partition coefficient (Wildman–Crippen LogP) is 2.13. The molecule has 1 heterocycles. The van der Waals surface area contributed by atoms with E-state index in [4.69, 9.17) is 14.2 Å². The summed E-state index contributed by atoms with van der Waals surface area (Å²) < 4.78 is 15.3. The molecule has 1 N–H and O–H groups in total. The largest absolute Gasteiger partial charge is 0.497 e. The molecule has 0 aliphatic carbocycles. The van der Waals surface area contributed by atoms with E-state index in [0.717, 1.165) is 0 Å². The van der Waals surface area contributed by atoms with E-state index in [9.17, 15) is 9.59 Å². The summed E-state index contributed by atoms with van der Waals surface area (Å²) in [5, 5.41) is 4.62. The smallest absolute Gasteiger partial charge is 0.273 e. The topological polar surface area (TPSA) is 90.0 Å². The Morgan fingerprint density at radius 2 is 1.81 bits per heavy atom. The van der Waals surface area contributed by atoms with Crippen molar-refractivity contribution in [1.82, 2.24) is 9.88 Å². The van der Waals surface area contributed by atoms with Crippen molar-refractivity contribution in [2.24, 2.45) is 0 Å². The average Bonchev–Trinajstić information content (AvgIpc) is 3.13. The highest BCUT2D eigenvalue weighted by atomic mass is 32.1. The summed E-state index contributed by atoms with van der Waals surface area (Å²) in [7, 11) is 6.26. The fourth-order valence-corrected chi connectivity index (χ4v) is 2.74. The molecule has 0 fully saturated rings. The fourth-order valence-electron chi connectivity index (χ4n) is 2.06. The number of amides is 2. The summed E-state index contributed by atoms with van der Waals surface area (Å²) in [6.45, 7) is 0.895. The maximum absolute atomic E-state index is 12.4. The number of nitrogens with one attached hydrogen (secondary N) is 1. The van der Waals surface area contributed by atoms with Gasteiger partial charge in [-0.2, -0.15) is 0 Å². The Labute approximate surface area is 155 Å². The molecular weight excluding hydrogens is 358 g/mol. The molecule has 0 saturated heterocycles. The third-order valence-corrected chi connectivity index (χ3v) is 4.29. The zero-order valence-electron chi connectivity index (χ0n) is 15.1. The summed E-state index contributed by atoms with van der Waals surface area (Å²) in [4.78, 5) is 30.4. The highest BCUT2D eigenvalue weighted by Gasteiger charge is 2.17. The lowest BCUT2D eigenvalue weighted by Gasteiger charge is -2.14. The molecular formula is C17H21N3O5S. The van der Waals surface area contributed by atoms with Crippen LogP contribution in [-0.4, -0.2) is 63.2 Å². The van der Waals surface area contributed by atoms with Crippen LogP contribution in [-0.2, 0) is 4.74 Å². The number of hydrogen-bond donors (Lipinski definition) is 1. The monoisotopic (exact) mass is 379 g/mol. The van der Waals surface area contributed by atoms with Gasteiger partial charge in [-0.1, -0.05) is 0 Å². The lowest BCUT2D eigenvalue weighted by Crippen LogP contribution is -2.30. The quantitative estimate of drug-likeness (QED) is 0.756. The molecule has 0 spiro atoms. The van der Waals surface area contributed by atoms with Gasteiger partial charge in [-0.15, -0.1) is 11.3 Å². The van der Waals surface area contributed by atoms with E-state index in [-0.39, 0.29) is 17.5 Å². The first kappa shape index (κ1) is 19.7. The van der Waals surface area contributed by atoms with Gasteiger partial charge < -0.3 is 19.1 Å². The van der Waals surface area contributed by atoms with Crippen LogP contribution in [0.25, 0.3) is 0 Å².